The van der Waals surface area contributed by atoms with Gasteiger partial charge in [0, 0.05) is 11.8 Å². The maximum atomic E-state index is 8.40. The van der Waals surface area contributed by atoms with E-state index < -0.39 is 0 Å². The molecule has 12 heavy (non-hydrogen) atoms. The fourth-order valence-corrected chi connectivity index (χ4v) is 0.669. The molecule has 0 atom stereocenters. The molecule has 5 nitrogen and oxygen atoms in total. The van der Waals surface area contributed by atoms with Crippen molar-refractivity contribution < 1.29 is 5.21 Å². The second-order valence-corrected chi connectivity index (χ2v) is 2.03. The molecule has 0 fully saturated rings. The molecule has 1 heterocycles. The summed E-state index contributed by atoms with van der Waals surface area (Å²) in [5, 5.41) is 19.5. The van der Waals surface area contributed by atoms with Crippen molar-refractivity contribution in [3.8, 4) is 6.07 Å². The average Bonchev–Trinajstić information content (AvgIpc) is 2.17. The second-order valence-electron chi connectivity index (χ2n) is 2.03. The molecule has 0 spiro atoms. The summed E-state index contributed by atoms with van der Waals surface area (Å²) in [5.74, 6) is -0.0213. The highest BCUT2D eigenvalue weighted by atomic mass is 16.4. The third-order valence-electron chi connectivity index (χ3n) is 1.28. The normalized spacial score (nSPS) is 10.8. The monoisotopic (exact) mass is 162 g/mol. The van der Waals surface area contributed by atoms with Crippen LogP contribution in [0.15, 0.2) is 23.5 Å². The van der Waals surface area contributed by atoms with Crippen LogP contribution in [0.2, 0.25) is 0 Å². The lowest BCUT2D eigenvalue weighted by Crippen LogP contribution is -2.13. The zero-order chi connectivity index (χ0) is 8.97. The number of nitriles is 1. The Kier molecular flexibility index (Phi) is 2.23. The minimum Gasteiger partial charge on any atom is -0.409 e. The molecule has 1 aromatic rings. The fraction of sp³-hybridized carbons (Fsp3) is 0. The van der Waals surface area contributed by atoms with E-state index in [1.807, 2.05) is 6.07 Å². The van der Waals surface area contributed by atoms with Crippen LogP contribution in [0.1, 0.15) is 11.3 Å². The number of nitrogens with zero attached hydrogens (tertiary/aromatic N) is 3. The molecule has 3 N–H and O–H groups in total. The van der Waals surface area contributed by atoms with E-state index >= 15 is 0 Å². The number of hydrogen-bond donors (Lipinski definition) is 2. The zero-order valence-electron chi connectivity index (χ0n) is 6.10. The van der Waals surface area contributed by atoms with Crippen molar-refractivity contribution in [2.24, 2.45) is 10.9 Å². The maximum Gasteiger partial charge on any atom is 0.171 e. The van der Waals surface area contributed by atoms with Crippen LogP contribution in [0.5, 0.6) is 0 Å². The molecule has 0 aliphatic heterocycles. The van der Waals surface area contributed by atoms with Crippen LogP contribution < -0.4 is 5.73 Å². The van der Waals surface area contributed by atoms with Gasteiger partial charge in [0.05, 0.1) is 0 Å². The van der Waals surface area contributed by atoms with Crippen LogP contribution in [0, 0.1) is 11.3 Å². The summed E-state index contributed by atoms with van der Waals surface area (Å²) < 4.78 is 0. The number of pyridine rings is 1. The number of rotatable bonds is 1. The van der Waals surface area contributed by atoms with Gasteiger partial charge in [-0.15, -0.1) is 0 Å². The SMILES string of the molecule is N#Cc1ccc(C(N)=NO)cn1. The van der Waals surface area contributed by atoms with Gasteiger partial charge in [0.1, 0.15) is 11.8 Å². The van der Waals surface area contributed by atoms with Crippen LogP contribution in [-0.2, 0) is 0 Å². The Labute approximate surface area is 68.8 Å². The van der Waals surface area contributed by atoms with Crippen molar-refractivity contribution in [2.45, 2.75) is 0 Å². The lowest BCUT2D eigenvalue weighted by molar-refractivity contribution is 0.318. The maximum absolute atomic E-state index is 8.40. The van der Waals surface area contributed by atoms with Crippen LogP contribution in [0.4, 0.5) is 0 Å². The Bertz CT molecular complexity index is 335. The van der Waals surface area contributed by atoms with Gasteiger partial charge in [-0.3, -0.25) is 0 Å². The van der Waals surface area contributed by atoms with E-state index in [-0.39, 0.29) is 5.84 Å². The van der Waals surface area contributed by atoms with Gasteiger partial charge >= 0.3 is 0 Å². The van der Waals surface area contributed by atoms with Crippen molar-refractivity contribution in [3.63, 3.8) is 0 Å². The Morgan fingerprint density at radius 1 is 1.67 bits per heavy atom. The molecule has 0 bridgehead atoms. The lowest BCUT2D eigenvalue weighted by atomic mass is 10.2. The first kappa shape index (κ1) is 8.01. The summed E-state index contributed by atoms with van der Waals surface area (Å²) in [5.41, 5.74) is 6.04. The highest BCUT2D eigenvalue weighted by Crippen LogP contribution is 1.98. The second kappa shape index (κ2) is 3.34. The van der Waals surface area contributed by atoms with Gasteiger partial charge < -0.3 is 10.9 Å². The quantitative estimate of drug-likeness (QED) is 0.264. The fourth-order valence-electron chi connectivity index (χ4n) is 0.669. The van der Waals surface area contributed by atoms with Gasteiger partial charge in [0.2, 0.25) is 0 Å². The Morgan fingerprint density at radius 3 is 2.83 bits per heavy atom. The van der Waals surface area contributed by atoms with Crippen molar-refractivity contribution in [1.82, 2.24) is 4.98 Å². The molecule has 0 radical (unpaired) electrons. The number of oxime groups is 1. The molecular formula is C7H6N4O. The van der Waals surface area contributed by atoms with Crippen LogP contribution in [-0.4, -0.2) is 16.0 Å². The number of hydrogen-bond acceptors (Lipinski definition) is 4. The minimum atomic E-state index is -0.0213. The van der Waals surface area contributed by atoms with Gasteiger partial charge in [-0.1, -0.05) is 5.16 Å². The summed E-state index contributed by atoms with van der Waals surface area (Å²) in [6.07, 6.45) is 1.37. The minimum absolute atomic E-state index is 0.0213. The summed E-state index contributed by atoms with van der Waals surface area (Å²) >= 11 is 0. The first-order valence-electron chi connectivity index (χ1n) is 3.12. The third kappa shape index (κ3) is 1.49. The van der Waals surface area contributed by atoms with E-state index in [1.54, 1.807) is 6.07 Å². The zero-order valence-corrected chi connectivity index (χ0v) is 6.10. The Morgan fingerprint density at radius 2 is 2.42 bits per heavy atom. The summed E-state index contributed by atoms with van der Waals surface area (Å²) in [7, 11) is 0. The molecule has 0 aliphatic carbocycles. The van der Waals surface area contributed by atoms with Crippen molar-refractivity contribution in [3.05, 3.63) is 29.6 Å². The molecule has 5 heteroatoms. The topological polar surface area (TPSA) is 95.3 Å². The molecule has 1 rings (SSSR count). The predicted octanol–water partition coefficient (Wildman–Crippen LogP) is 0.0478. The first-order chi connectivity index (χ1) is 5.77. The Balaban J connectivity index is 3.02. The van der Waals surface area contributed by atoms with E-state index in [2.05, 4.69) is 10.1 Å². The summed E-state index contributed by atoms with van der Waals surface area (Å²) in [4.78, 5) is 3.73. The average molecular weight is 162 g/mol. The lowest BCUT2D eigenvalue weighted by Gasteiger charge is -1.95. The van der Waals surface area contributed by atoms with Gasteiger partial charge in [-0.25, -0.2) is 4.98 Å². The van der Waals surface area contributed by atoms with Gasteiger partial charge in [0.25, 0.3) is 0 Å². The largest absolute Gasteiger partial charge is 0.409 e. The van der Waals surface area contributed by atoms with Crippen molar-refractivity contribution in [2.75, 3.05) is 0 Å². The number of nitrogens with two attached hydrogens (primary N) is 1. The van der Waals surface area contributed by atoms with Gasteiger partial charge in [0.15, 0.2) is 5.84 Å². The molecule has 60 valence electrons. The van der Waals surface area contributed by atoms with E-state index in [0.717, 1.165) is 0 Å². The number of amidine groups is 1. The summed E-state index contributed by atoms with van der Waals surface area (Å²) in [6.45, 7) is 0. The molecule has 0 aromatic carbocycles. The van der Waals surface area contributed by atoms with Crippen LogP contribution in [0.3, 0.4) is 0 Å². The molecule has 0 saturated heterocycles. The highest BCUT2D eigenvalue weighted by molar-refractivity contribution is 5.96. The molecule has 0 aliphatic rings. The third-order valence-corrected chi connectivity index (χ3v) is 1.28. The van der Waals surface area contributed by atoms with Gasteiger partial charge in [-0.2, -0.15) is 5.26 Å². The standard InChI is InChI=1S/C7H6N4O/c8-3-6-2-1-5(4-10-6)7(9)11-12/h1-2,4,12H,(H2,9,11). The van der Waals surface area contributed by atoms with E-state index in [4.69, 9.17) is 16.2 Å². The smallest absolute Gasteiger partial charge is 0.171 e. The molecule has 0 saturated carbocycles. The molecule has 0 unspecified atom stereocenters. The predicted molar refractivity (Wildman–Crippen MR) is 41.5 cm³/mol. The van der Waals surface area contributed by atoms with E-state index in [0.29, 0.717) is 11.3 Å². The first-order valence-corrected chi connectivity index (χ1v) is 3.12. The van der Waals surface area contributed by atoms with Gasteiger partial charge in [-0.05, 0) is 12.1 Å². The van der Waals surface area contributed by atoms with Crippen molar-refractivity contribution in [1.29, 1.82) is 5.26 Å². The van der Waals surface area contributed by atoms with E-state index in [1.165, 1.54) is 12.3 Å². The summed E-state index contributed by atoms with van der Waals surface area (Å²) in [6, 6.07) is 4.91. The number of aromatic nitrogens is 1. The Hall–Kier alpha value is -2.09. The molecule has 0 amide bonds. The van der Waals surface area contributed by atoms with Crippen LogP contribution in [0.25, 0.3) is 0 Å². The van der Waals surface area contributed by atoms with E-state index in [9.17, 15) is 0 Å². The highest BCUT2D eigenvalue weighted by Gasteiger charge is 1.98. The molecular weight excluding hydrogens is 156 g/mol. The van der Waals surface area contributed by atoms with Crippen molar-refractivity contribution >= 4 is 5.84 Å². The molecule has 1 aromatic heterocycles. The van der Waals surface area contributed by atoms with Crippen LogP contribution >= 0.6 is 0 Å².